The van der Waals surface area contributed by atoms with Crippen molar-refractivity contribution in [2.75, 3.05) is 6.61 Å². The molecule has 0 aromatic heterocycles. The van der Waals surface area contributed by atoms with Gasteiger partial charge in [0.25, 0.3) is 11.8 Å². The Balaban J connectivity index is 1.47. The average molecular weight is 379 g/mol. The summed E-state index contributed by atoms with van der Waals surface area (Å²) in [4.78, 5) is 23.9. The van der Waals surface area contributed by atoms with Gasteiger partial charge in [0.05, 0.1) is 0 Å². The topological polar surface area (TPSA) is 79.5 Å². The van der Waals surface area contributed by atoms with E-state index >= 15 is 0 Å². The van der Waals surface area contributed by atoms with Crippen LogP contribution in [0.3, 0.4) is 0 Å². The SMILES string of the molecule is O=C(COc1cccc2ccccc12)NNC(=S)NC(=O)c1ccccc1. The van der Waals surface area contributed by atoms with Crippen LogP contribution < -0.4 is 20.9 Å². The zero-order valence-electron chi connectivity index (χ0n) is 14.3. The van der Waals surface area contributed by atoms with E-state index < -0.39 is 5.91 Å². The van der Waals surface area contributed by atoms with Gasteiger partial charge in [-0.05, 0) is 35.8 Å². The van der Waals surface area contributed by atoms with Gasteiger partial charge in [-0.25, -0.2) is 0 Å². The third-order valence-electron chi connectivity index (χ3n) is 3.69. The van der Waals surface area contributed by atoms with Crippen molar-refractivity contribution in [3.8, 4) is 5.75 Å². The Kier molecular flexibility index (Phi) is 5.96. The number of benzene rings is 3. The summed E-state index contributed by atoms with van der Waals surface area (Å²) >= 11 is 4.99. The van der Waals surface area contributed by atoms with E-state index in [1.165, 1.54) is 0 Å². The van der Waals surface area contributed by atoms with Gasteiger partial charge >= 0.3 is 0 Å². The van der Waals surface area contributed by atoms with Crippen LogP contribution in [0.15, 0.2) is 72.8 Å². The molecule has 3 N–H and O–H groups in total. The van der Waals surface area contributed by atoms with Crippen molar-refractivity contribution in [3.63, 3.8) is 0 Å². The summed E-state index contributed by atoms with van der Waals surface area (Å²) in [6.07, 6.45) is 0. The molecule has 0 radical (unpaired) electrons. The molecular formula is C20H17N3O3S. The summed E-state index contributed by atoms with van der Waals surface area (Å²) < 4.78 is 5.58. The maximum atomic E-state index is 12.0. The van der Waals surface area contributed by atoms with Crippen molar-refractivity contribution in [1.82, 2.24) is 16.2 Å². The Bertz CT molecular complexity index is 971. The molecule has 0 saturated carbocycles. The van der Waals surface area contributed by atoms with Crippen LogP contribution >= 0.6 is 12.2 Å². The van der Waals surface area contributed by atoms with E-state index in [1.54, 1.807) is 30.3 Å². The number of hydrogen-bond acceptors (Lipinski definition) is 4. The molecule has 0 aliphatic heterocycles. The average Bonchev–Trinajstić information content (AvgIpc) is 2.71. The van der Waals surface area contributed by atoms with Gasteiger partial charge in [0.15, 0.2) is 11.7 Å². The Labute approximate surface area is 161 Å². The van der Waals surface area contributed by atoms with Crippen LogP contribution in [0.1, 0.15) is 10.4 Å². The molecule has 0 heterocycles. The summed E-state index contributed by atoms with van der Waals surface area (Å²) in [6, 6.07) is 22.0. The lowest BCUT2D eigenvalue weighted by atomic mass is 10.1. The number of ether oxygens (including phenoxy) is 1. The number of fused-ring (bicyclic) bond motifs is 1. The highest BCUT2D eigenvalue weighted by atomic mass is 32.1. The first-order valence-corrected chi connectivity index (χ1v) is 8.60. The minimum absolute atomic E-state index is 0.0117. The van der Waals surface area contributed by atoms with Crippen molar-refractivity contribution < 1.29 is 14.3 Å². The van der Waals surface area contributed by atoms with E-state index in [9.17, 15) is 9.59 Å². The first kappa shape index (κ1) is 18.3. The highest BCUT2D eigenvalue weighted by Crippen LogP contribution is 2.24. The summed E-state index contributed by atoms with van der Waals surface area (Å²) in [7, 11) is 0. The Hall–Kier alpha value is -3.45. The van der Waals surface area contributed by atoms with Crippen LogP contribution in [0, 0.1) is 0 Å². The van der Waals surface area contributed by atoms with Gasteiger partial charge in [0.2, 0.25) is 0 Å². The fraction of sp³-hybridized carbons (Fsp3) is 0.0500. The first-order chi connectivity index (χ1) is 13.1. The fourth-order valence-electron chi connectivity index (χ4n) is 2.42. The third-order valence-corrected chi connectivity index (χ3v) is 3.89. The Morgan fingerprint density at radius 2 is 1.56 bits per heavy atom. The van der Waals surface area contributed by atoms with Gasteiger partial charge < -0.3 is 4.74 Å². The van der Waals surface area contributed by atoms with E-state index in [4.69, 9.17) is 17.0 Å². The number of thiocarbonyl (C=S) groups is 1. The van der Waals surface area contributed by atoms with Crippen molar-refractivity contribution in [2.24, 2.45) is 0 Å². The fourth-order valence-corrected chi connectivity index (χ4v) is 2.57. The molecule has 0 fully saturated rings. The number of hydrazine groups is 1. The summed E-state index contributed by atoms with van der Waals surface area (Å²) in [5.41, 5.74) is 5.33. The van der Waals surface area contributed by atoms with Crippen LogP contribution in [0.4, 0.5) is 0 Å². The molecule has 0 aliphatic rings. The van der Waals surface area contributed by atoms with Gasteiger partial charge in [-0.3, -0.25) is 25.8 Å². The molecule has 0 spiro atoms. The standard InChI is InChI=1S/C20H17N3O3S/c24-18(13-26-17-12-6-10-14-7-4-5-11-16(14)17)22-23-20(27)21-19(25)15-8-2-1-3-9-15/h1-12H,13H2,(H,22,24)(H2,21,23,25,27). The van der Waals surface area contributed by atoms with Gasteiger partial charge in [0.1, 0.15) is 5.75 Å². The van der Waals surface area contributed by atoms with Crippen molar-refractivity contribution in [3.05, 3.63) is 78.4 Å². The van der Waals surface area contributed by atoms with Crippen molar-refractivity contribution in [2.45, 2.75) is 0 Å². The van der Waals surface area contributed by atoms with E-state index in [1.807, 2.05) is 42.5 Å². The van der Waals surface area contributed by atoms with Crippen LogP contribution in [-0.4, -0.2) is 23.5 Å². The second kappa shape index (κ2) is 8.77. The van der Waals surface area contributed by atoms with Gasteiger partial charge in [-0.1, -0.05) is 54.6 Å². The van der Waals surface area contributed by atoms with E-state index in [0.717, 1.165) is 10.8 Å². The summed E-state index contributed by atoms with van der Waals surface area (Å²) in [5, 5.41) is 4.41. The van der Waals surface area contributed by atoms with Gasteiger partial charge in [0, 0.05) is 10.9 Å². The maximum Gasteiger partial charge on any atom is 0.276 e. The molecule has 3 aromatic carbocycles. The largest absolute Gasteiger partial charge is 0.483 e. The summed E-state index contributed by atoms with van der Waals surface area (Å²) in [6.45, 7) is -0.198. The number of nitrogens with one attached hydrogen (secondary N) is 3. The molecule has 0 saturated heterocycles. The van der Waals surface area contributed by atoms with E-state index in [0.29, 0.717) is 11.3 Å². The number of amides is 2. The highest BCUT2D eigenvalue weighted by molar-refractivity contribution is 7.80. The second-order valence-electron chi connectivity index (χ2n) is 5.59. The van der Waals surface area contributed by atoms with Crippen molar-refractivity contribution in [1.29, 1.82) is 0 Å². The molecule has 7 heteroatoms. The van der Waals surface area contributed by atoms with Crippen LogP contribution in [0.5, 0.6) is 5.75 Å². The van der Waals surface area contributed by atoms with Crippen molar-refractivity contribution >= 4 is 39.9 Å². The molecular weight excluding hydrogens is 362 g/mol. The van der Waals surface area contributed by atoms with Crippen LogP contribution in [0.2, 0.25) is 0 Å². The van der Waals surface area contributed by atoms with Gasteiger partial charge in [-0.2, -0.15) is 0 Å². The monoisotopic (exact) mass is 379 g/mol. The zero-order valence-corrected chi connectivity index (χ0v) is 15.1. The van der Waals surface area contributed by atoms with Crippen LogP contribution in [0.25, 0.3) is 10.8 Å². The second-order valence-corrected chi connectivity index (χ2v) is 6.00. The molecule has 27 heavy (non-hydrogen) atoms. The molecule has 0 unspecified atom stereocenters. The molecule has 3 aromatic rings. The molecule has 136 valence electrons. The Morgan fingerprint density at radius 1 is 0.852 bits per heavy atom. The normalized spacial score (nSPS) is 10.1. The molecule has 0 aliphatic carbocycles. The quantitative estimate of drug-likeness (QED) is 0.480. The Morgan fingerprint density at radius 3 is 2.37 bits per heavy atom. The predicted molar refractivity (Wildman–Crippen MR) is 107 cm³/mol. The minimum Gasteiger partial charge on any atom is -0.483 e. The van der Waals surface area contributed by atoms with E-state index in [-0.39, 0.29) is 17.6 Å². The molecule has 3 rings (SSSR count). The lowest BCUT2D eigenvalue weighted by molar-refractivity contribution is -0.123. The lowest BCUT2D eigenvalue weighted by Crippen LogP contribution is -2.49. The molecule has 0 bridgehead atoms. The highest BCUT2D eigenvalue weighted by Gasteiger charge is 2.09. The number of rotatable bonds is 4. The molecule has 6 nitrogen and oxygen atoms in total. The molecule has 2 amide bonds. The van der Waals surface area contributed by atoms with Crippen LogP contribution in [-0.2, 0) is 4.79 Å². The maximum absolute atomic E-state index is 12.0. The third kappa shape index (κ3) is 5.02. The first-order valence-electron chi connectivity index (χ1n) is 8.19. The number of carbonyl (C=O) groups excluding carboxylic acids is 2. The predicted octanol–water partition coefficient (Wildman–Crippen LogP) is 2.55. The van der Waals surface area contributed by atoms with E-state index in [2.05, 4.69) is 16.2 Å². The summed E-state index contributed by atoms with van der Waals surface area (Å²) in [5.74, 6) is -0.184. The number of carbonyl (C=O) groups is 2. The minimum atomic E-state index is -0.431. The molecule has 0 atom stereocenters. The number of hydrogen-bond donors (Lipinski definition) is 3. The lowest BCUT2D eigenvalue weighted by Gasteiger charge is -2.12. The van der Waals surface area contributed by atoms with Gasteiger partial charge in [-0.15, -0.1) is 0 Å². The zero-order chi connectivity index (χ0) is 19.1. The smallest absolute Gasteiger partial charge is 0.276 e.